The minimum absolute atomic E-state index is 0.831. The van der Waals surface area contributed by atoms with E-state index in [4.69, 9.17) is 0 Å². The number of hydrogen-bond donors (Lipinski definition) is 0. The molecule has 14 heavy (non-hydrogen) atoms. The highest BCUT2D eigenvalue weighted by Gasteiger charge is 2.01. The van der Waals surface area contributed by atoms with Crippen LogP contribution in [0.25, 0.3) is 11.1 Å². The molecule has 0 saturated heterocycles. The molecule has 0 aliphatic heterocycles. The third kappa shape index (κ3) is 2.04. The second kappa shape index (κ2) is 4.24. The molecule has 3 heteroatoms. The average Bonchev–Trinajstić information content (AvgIpc) is 2.23. The van der Waals surface area contributed by atoms with E-state index in [9.17, 15) is 0 Å². The van der Waals surface area contributed by atoms with E-state index in [0.717, 1.165) is 14.6 Å². The van der Waals surface area contributed by atoms with Crippen molar-refractivity contribution in [3.05, 3.63) is 51.7 Å². The molecule has 1 heterocycles. The molecule has 0 amide bonds. The quantitative estimate of drug-likeness (QED) is 0.716. The summed E-state index contributed by atoms with van der Waals surface area (Å²) in [4.78, 5) is 4.22. The Kier molecular flexibility index (Phi) is 2.99. The molecular weight excluding hydrogens is 306 g/mol. The first-order chi connectivity index (χ1) is 6.77. The molecule has 0 aliphatic carbocycles. The van der Waals surface area contributed by atoms with Gasteiger partial charge in [-0.2, -0.15) is 0 Å². The summed E-state index contributed by atoms with van der Waals surface area (Å²) in [5, 5.41) is 0. The van der Waals surface area contributed by atoms with E-state index in [-0.39, 0.29) is 0 Å². The summed E-state index contributed by atoms with van der Waals surface area (Å²) in [6.45, 7) is 0. The highest BCUT2D eigenvalue weighted by molar-refractivity contribution is 9.13. The molecule has 0 radical (unpaired) electrons. The summed E-state index contributed by atoms with van der Waals surface area (Å²) in [5.74, 6) is 0. The lowest BCUT2D eigenvalue weighted by molar-refractivity contribution is 1.26. The van der Waals surface area contributed by atoms with Crippen LogP contribution >= 0.6 is 31.9 Å². The summed E-state index contributed by atoms with van der Waals surface area (Å²) in [6.07, 6.45) is 1.85. The maximum Gasteiger partial charge on any atom is 0.120 e. The van der Waals surface area contributed by atoms with Gasteiger partial charge in [-0.15, -0.1) is 0 Å². The Balaban J connectivity index is 2.48. The van der Waals surface area contributed by atoms with Gasteiger partial charge in [0.15, 0.2) is 0 Å². The van der Waals surface area contributed by atoms with E-state index in [2.05, 4.69) is 49.0 Å². The van der Waals surface area contributed by atoms with Gasteiger partial charge in [0.25, 0.3) is 0 Å². The molecule has 1 aromatic carbocycles. The fraction of sp³-hybridized carbons (Fsp3) is 0. The Labute approximate surface area is 99.4 Å². The molecule has 70 valence electrons. The topological polar surface area (TPSA) is 12.9 Å². The lowest BCUT2D eigenvalue weighted by Gasteiger charge is -2.02. The predicted molar refractivity (Wildman–Crippen MR) is 65.1 cm³/mol. The van der Waals surface area contributed by atoms with Gasteiger partial charge in [-0.05, 0) is 43.5 Å². The summed E-state index contributed by atoms with van der Waals surface area (Å²) in [5.41, 5.74) is 2.29. The second-order valence-corrected chi connectivity index (χ2v) is 4.47. The van der Waals surface area contributed by atoms with Gasteiger partial charge in [-0.1, -0.05) is 30.3 Å². The number of nitrogens with zero attached hydrogens (tertiary/aromatic N) is 1. The van der Waals surface area contributed by atoms with E-state index in [1.165, 1.54) is 5.56 Å². The Morgan fingerprint density at radius 2 is 1.64 bits per heavy atom. The lowest BCUT2D eigenvalue weighted by Crippen LogP contribution is -1.81. The SMILES string of the molecule is Brc1cc(-c2ccccc2)cnc1Br. The van der Waals surface area contributed by atoms with Gasteiger partial charge in [0, 0.05) is 11.8 Å². The first-order valence-corrected chi connectivity index (χ1v) is 5.72. The van der Waals surface area contributed by atoms with Gasteiger partial charge in [0.2, 0.25) is 0 Å². The van der Waals surface area contributed by atoms with Gasteiger partial charge in [-0.3, -0.25) is 0 Å². The second-order valence-electron chi connectivity index (χ2n) is 2.86. The van der Waals surface area contributed by atoms with E-state index in [1.807, 2.05) is 30.5 Å². The minimum atomic E-state index is 0.831. The third-order valence-corrected chi connectivity index (χ3v) is 3.67. The number of pyridine rings is 1. The van der Waals surface area contributed by atoms with Crippen molar-refractivity contribution < 1.29 is 0 Å². The van der Waals surface area contributed by atoms with Gasteiger partial charge < -0.3 is 0 Å². The van der Waals surface area contributed by atoms with Crippen LogP contribution in [0.2, 0.25) is 0 Å². The van der Waals surface area contributed by atoms with Crippen LogP contribution < -0.4 is 0 Å². The van der Waals surface area contributed by atoms with Gasteiger partial charge in [-0.25, -0.2) is 4.98 Å². The van der Waals surface area contributed by atoms with E-state index >= 15 is 0 Å². The van der Waals surface area contributed by atoms with Crippen molar-refractivity contribution in [3.63, 3.8) is 0 Å². The predicted octanol–water partition coefficient (Wildman–Crippen LogP) is 4.27. The van der Waals surface area contributed by atoms with Crippen LogP contribution in [0, 0.1) is 0 Å². The molecule has 0 N–H and O–H groups in total. The first-order valence-electron chi connectivity index (χ1n) is 4.14. The Morgan fingerprint density at radius 1 is 0.929 bits per heavy atom. The Hall–Kier alpha value is -0.670. The van der Waals surface area contributed by atoms with Gasteiger partial charge in [0.05, 0.1) is 4.47 Å². The summed E-state index contributed by atoms with van der Waals surface area (Å²) in [6, 6.07) is 12.2. The van der Waals surface area contributed by atoms with Crippen molar-refractivity contribution in [2.75, 3.05) is 0 Å². The van der Waals surface area contributed by atoms with Crippen LogP contribution in [0.15, 0.2) is 51.7 Å². The maximum atomic E-state index is 4.22. The number of hydrogen-bond acceptors (Lipinski definition) is 1. The molecule has 0 saturated carbocycles. The fourth-order valence-electron chi connectivity index (χ4n) is 1.21. The zero-order valence-corrected chi connectivity index (χ0v) is 10.4. The molecule has 0 atom stereocenters. The Bertz CT molecular complexity index is 440. The van der Waals surface area contributed by atoms with E-state index in [0.29, 0.717) is 0 Å². The highest BCUT2D eigenvalue weighted by atomic mass is 79.9. The lowest BCUT2D eigenvalue weighted by atomic mass is 10.1. The summed E-state index contributed by atoms with van der Waals surface area (Å²) < 4.78 is 1.80. The van der Waals surface area contributed by atoms with Crippen molar-refractivity contribution in [2.24, 2.45) is 0 Å². The first kappa shape index (κ1) is 9.87. The van der Waals surface area contributed by atoms with Crippen LogP contribution in [0.4, 0.5) is 0 Å². The standard InChI is InChI=1S/C11H7Br2N/c12-10-6-9(7-14-11(10)13)8-4-2-1-3-5-8/h1-7H. The number of halogens is 2. The third-order valence-electron chi connectivity index (χ3n) is 1.90. The number of rotatable bonds is 1. The molecule has 0 bridgehead atoms. The van der Waals surface area contributed by atoms with Crippen LogP contribution in [-0.4, -0.2) is 4.98 Å². The molecule has 1 nitrogen and oxygen atoms in total. The van der Waals surface area contributed by atoms with Crippen LogP contribution in [0.5, 0.6) is 0 Å². The molecule has 2 rings (SSSR count). The normalized spacial score (nSPS) is 10.1. The minimum Gasteiger partial charge on any atom is -0.248 e. The zero-order valence-electron chi connectivity index (χ0n) is 7.24. The van der Waals surface area contributed by atoms with Gasteiger partial charge >= 0.3 is 0 Å². The largest absolute Gasteiger partial charge is 0.248 e. The molecular formula is C11H7Br2N. The molecule has 0 fully saturated rings. The molecule has 2 aromatic rings. The highest BCUT2D eigenvalue weighted by Crippen LogP contribution is 2.26. The van der Waals surface area contributed by atoms with E-state index in [1.54, 1.807) is 0 Å². The van der Waals surface area contributed by atoms with Crippen LogP contribution in [0.1, 0.15) is 0 Å². The van der Waals surface area contributed by atoms with Crippen molar-refractivity contribution in [3.8, 4) is 11.1 Å². The van der Waals surface area contributed by atoms with Crippen molar-refractivity contribution >= 4 is 31.9 Å². The van der Waals surface area contributed by atoms with Gasteiger partial charge in [0.1, 0.15) is 4.60 Å². The summed E-state index contributed by atoms with van der Waals surface area (Å²) >= 11 is 6.78. The summed E-state index contributed by atoms with van der Waals surface area (Å²) in [7, 11) is 0. The molecule has 0 aliphatic rings. The van der Waals surface area contributed by atoms with Crippen LogP contribution in [0.3, 0.4) is 0 Å². The monoisotopic (exact) mass is 311 g/mol. The fourth-order valence-corrected chi connectivity index (χ4v) is 1.78. The Morgan fingerprint density at radius 3 is 2.29 bits per heavy atom. The van der Waals surface area contributed by atoms with Crippen molar-refractivity contribution in [1.29, 1.82) is 0 Å². The number of benzene rings is 1. The molecule has 0 spiro atoms. The maximum absolute atomic E-state index is 4.22. The van der Waals surface area contributed by atoms with Crippen LogP contribution in [-0.2, 0) is 0 Å². The molecule has 1 aromatic heterocycles. The number of aromatic nitrogens is 1. The van der Waals surface area contributed by atoms with Crippen molar-refractivity contribution in [1.82, 2.24) is 4.98 Å². The zero-order chi connectivity index (χ0) is 9.97. The average molecular weight is 313 g/mol. The molecule has 0 unspecified atom stereocenters. The smallest absolute Gasteiger partial charge is 0.120 e. The van der Waals surface area contributed by atoms with E-state index < -0.39 is 0 Å². The van der Waals surface area contributed by atoms with Crippen molar-refractivity contribution in [2.45, 2.75) is 0 Å².